The Balaban J connectivity index is 2.51. The van der Waals surface area contributed by atoms with E-state index in [1.807, 2.05) is 6.07 Å². The average molecular weight is 276 g/mol. The number of aromatic hydroxyl groups is 1. The first-order chi connectivity index (χ1) is 9.65. The molecule has 0 saturated carbocycles. The number of H-pyrrole nitrogens is 1. The number of aromatic nitrogens is 2. The van der Waals surface area contributed by atoms with Crippen molar-refractivity contribution in [2.24, 2.45) is 0 Å². The molecular formula is C14H16N2O4. The van der Waals surface area contributed by atoms with Gasteiger partial charge in [-0.15, -0.1) is 0 Å². The second kappa shape index (κ2) is 6.21. The average Bonchev–Trinajstić information content (AvgIpc) is 2.43. The van der Waals surface area contributed by atoms with Crippen molar-refractivity contribution in [2.75, 3.05) is 13.7 Å². The van der Waals surface area contributed by atoms with Gasteiger partial charge in [0, 0.05) is 20.3 Å². The maximum absolute atomic E-state index is 11.9. The van der Waals surface area contributed by atoms with Crippen LogP contribution in [0.25, 0.3) is 11.1 Å². The van der Waals surface area contributed by atoms with E-state index in [1.54, 1.807) is 31.4 Å². The zero-order chi connectivity index (χ0) is 14.5. The monoisotopic (exact) mass is 276 g/mol. The molecule has 2 aromatic rings. The van der Waals surface area contributed by atoms with Gasteiger partial charge in [0.2, 0.25) is 5.88 Å². The number of nitrogens with zero attached hydrogens (tertiary/aromatic N) is 1. The highest BCUT2D eigenvalue weighted by molar-refractivity contribution is 5.67. The lowest BCUT2D eigenvalue weighted by Gasteiger charge is -2.11. The second-order valence-corrected chi connectivity index (χ2v) is 4.32. The smallest absolute Gasteiger partial charge is 0.331 e. The van der Waals surface area contributed by atoms with E-state index in [1.165, 1.54) is 0 Å². The zero-order valence-electron chi connectivity index (χ0n) is 11.1. The zero-order valence-corrected chi connectivity index (χ0v) is 11.1. The fourth-order valence-electron chi connectivity index (χ4n) is 2.00. The Morgan fingerprint density at radius 1 is 1.25 bits per heavy atom. The van der Waals surface area contributed by atoms with Crippen molar-refractivity contribution in [3.8, 4) is 17.0 Å². The fourth-order valence-corrected chi connectivity index (χ4v) is 2.00. The minimum absolute atomic E-state index is 0.0996. The Morgan fingerprint density at radius 3 is 2.60 bits per heavy atom. The third kappa shape index (κ3) is 2.80. The summed E-state index contributed by atoms with van der Waals surface area (Å²) < 4.78 is 6.05. The van der Waals surface area contributed by atoms with Crippen molar-refractivity contribution in [1.82, 2.24) is 9.55 Å². The van der Waals surface area contributed by atoms with Gasteiger partial charge in [0.1, 0.15) is 5.56 Å². The van der Waals surface area contributed by atoms with E-state index in [-0.39, 0.29) is 18.0 Å². The molecule has 0 aliphatic rings. The normalized spacial score (nSPS) is 10.7. The molecule has 0 unspecified atom stereocenters. The lowest BCUT2D eigenvalue weighted by atomic mass is 10.1. The highest BCUT2D eigenvalue weighted by atomic mass is 16.5. The van der Waals surface area contributed by atoms with Crippen molar-refractivity contribution in [1.29, 1.82) is 0 Å². The summed E-state index contributed by atoms with van der Waals surface area (Å²) in [4.78, 5) is 25.9. The number of benzene rings is 1. The van der Waals surface area contributed by atoms with Gasteiger partial charge in [-0.1, -0.05) is 30.3 Å². The third-order valence-electron chi connectivity index (χ3n) is 2.96. The van der Waals surface area contributed by atoms with E-state index >= 15 is 0 Å². The summed E-state index contributed by atoms with van der Waals surface area (Å²) in [6, 6.07) is 8.73. The van der Waals surface area contributed by atoms with Crippen LogP contribution in [0.2, 0.25) is 0 Å². The summed E-state index contributed by atoms with van der Waals surface area (Å²) in [5.41, 5.74) is -0.556. The molecule has 2 rings (SSSR count). The highest BCUT2D eigenvalue weighted by Gasteiger charge is 2.15. The van der Waals surface area contributed by atoms with Gasteiger partial charge in [-0.05, 0) is 12.0 Å². The Morgan fingerprint density at radius 2 is 1.95 bits per heavy atom. The molecule has 0 fully saturated rings. The molecule has 0 radical (unpaired) electrons. The van der Waals surface area contributed by atoms with Crippen LogP contribution in [0.3, 0.4) is 0 Å². The molecule has 6 nitrogen and oxygen atoms in total. The molecule has 0 amide bonds. The number of methoxy groups -OCH3 is 1. The van der Waals surface area contributed by atoms with Gasteiger partial charge in [0.15, 0.2) is 0 Å². The number of nitrogens with one attached hydrogen (secondary N) is 1. The minimum Gasteiger partial charge on any atom is -0.494 e. The molecule has 0 spiro atoms. The fraction of sp³-hybridized carbons (Fsp3) is 0.286. The van der Waals surface area contributed by atoms with Gasteiger partial charge >= 0.3 is 5.69 Å². The minimum atomic E-state index is -0.622. The third-order valence-corrected chi connectivity index (χ3v) is 2.96. The lowest BCUT2D eigenvalue weighted by Crippen LogP contribution is -2.31. The summed E-state index contributed by atoms with van der Waals surface area (Å²) in [6.45, 7) is 0.737. The summed E-state index contributed by atoms with van der Waals surface area (Å²) in [7, 11) is 1.56. The Labute approximate surface area is 115 Å². The Kier molecular flexibility index (Phi) is 4.37. The predicted octanol–water partition coefficient (Wildman–Crippen LogP) is 0.946. The number of rotatable bonds is 5. The molecule has 1 aromatic carbocycles. The number of aromatic amines is 1. The van der Waals surface area contributed by atoms with Crippen LogP contribution in [0.15, 0.2) is 39.9 Å². The van der Waals surface area contributed by atoms with Crippen LogP contribution in [0.1, 0.15) is 6.42 Å². The Hall–Kier alpha value is -2.34. The molecule has 0 aliphatic carbocycles. The van der Waals surface area contributed by atoms with Crippen molar-refractivity contribution in [3.05, 3.63) is 51.2 Å². The van der Waals surface area contributed by atoms with E-state index in [2.05, 4.69) is 4.98 Å². The number of hydrogen-bond acceptors (Lipinski definition) is 4. The van der Waals surface area contributed by atoms with Gasteiger partial charge in [-0.25, -0.2) is 4.79 Å². The molecule has 0 saturated heterocycles. The molecule has 0 atom stereocenters. The van der Waals surface area contributed by atoms with Gasteiger partial charge in [0.25, 0.3) is 5.56 Å². The molecule has 1 aromatic heterocycles. The van der Waals surface area contributed by atoms with Crippen LogP contribution < -0.4 is 11.2 Å². The van der Waals surface area contributed by atoms with Gasteiger partial charge in [-0.2, -0.15) is 0 Å². The van der Waals surface area contributed by atoms with E-state index in [0.717, 1.165) is 4.57 Å². The molecular weight excluding hydrogens is 260 g/mol. The van der Waals surface area contributed by atoms with Crippen LogP contribution >= 0.6 is 0 Å². The van der Waals surface area contributed by atoms with Crippen molar-refractivity contribution < 1.29 is 9.84 Å². The van der Waals surface area contributed by atoms with Gasteiger partial charge < -0.3 is 9.84 Å². The van der Waals surface area contributed by atoms with Gasteiger partial charge in [0.05, 0.1) is 0 Å². The Bertz CT molecular complexity index is 689. The van der Waals surface area contributed by atoms with E-state index in [9.17, 15) is 14.7 Å². The predicted molar refractivity (Wildman–Crippen MR) is 74.9 cm³/mol. The second-order valence-electron chi connectivity index (χ2n) is 4.32. The van der Waals surface area contributed by atoms with E-state index < -0.39 is 11.2 Å². The van der Waals surface area contributed by atoms with E-state index in [0.29, 0.717) is 18.6 Å². The standard InChI is InChI=1S/C14H16N2O4/c1-20-9-5-8-16-13(18)11(12(17)15-14(16)19)10-6-3-2-4-7-10/h2-4,6-7,18H,5,8-9H2,1H3,(H,15,17,19). The molecule has 0 aliphatic heterocycles. The van der Waals surface area contributed by atoms with Crippen LogP contribution in [-0.2, 0) is 11.3 Å². The van der Waals surface area contributed by atoms with Crippen LogP contribution in [0.4, 0.5) is 0 Å². The molecule has 20 heavy (non-hydrogen) atoms. The maximum atomic E-state index is 11.9. The topological polar surface area (TPSA) is 84.3 Å². The first kappa shape index (κ1) is 14.1. The highest BCUT2D eigenvalue weighted by Crippen LogP contribution is 2.23. The molecule has 0 bridgehead atoms. The number of hydrogen-bond donors (Lipinski definition) is 2. The van der Waals surface area contributed by atoms with Crippen LogP contribution in [0.5, 0.6) is 5.88 Å². The molecule has 6 heteroatoms. The quantitative estimate of drug-likeness (QED) is 0.796. The van der Waals surface area contributed by atoms with Crippen molar-refractivity contribution in [3.63, 3.8) is 0 Å². The lowest BCUT2D eigenvalue weighted by molar-refractivity contribution is 0.188. The molecule has 1 heterocycles. The van der Waals surface area contributed by atoms with Crippen LogP contribution in [0, 0.1) is 0 Å². The first-order valence-corrected chi connectivity index (χ1v) is 6.25. The summed E-state index contributed by atoms with van der Waals surface area (Å²) >= 11 is 0. The SMILES string of the molecule is COCCCn1c(O)c(-c2ccccc2)c(=O)[nH]c1=O. The summed E-state index contributed by atoms with van der Waals surface area (Å²) in [5.74, 6) is -0.318. The number of ether oxygens (including phenoxy) is 1. The van der Waals surface area contributed by atoms with Crippen molar-refractivity contribution in [2.45, 2.75) is 13.0 Å². The molecule has 2 N–H and O–H groups in total. The summed E-state index contributed by atoms with van der Waals surface area (Å²) in [6.07, 6.45) is 0.560. The summed E-state index contributed by atoms with van der Waals surface area (Å²) in [5, 5.41) is 10.2. The maximum Gasteiger partial charge on any atom is 0.331 e. The molecule has 106 valence electrons. The van der Waals surface area contributed by atoms with Crippen LogP contribution in [-0.4, -0.2) is 28.4 Å². The van der Waals surface area contributed by atoms with E-state index in [4.69, 9.17) is 4.74 Å². The first-order valence-electron chi connectivity index (χ1n) is 6.25. The van der Waals surface area contributed by atoms with Gasteiger partial charge in [-0.3, -0.25) is 14.3 Å². The largest absolute Gasteiger partial charge is 0.494 e. The van der Waals surface area contributed by atoms with Crippen molar-refractivity contribution >= 4 is 0 Å².